The van der Waals surface area contributed by atoms with Crippen molar-refractivity contribution in [1.29, 1.82) is 0 Å². The van der Waals surface area contributed by atoms with Gasteiger partial charge in [0.1, 0.15) is 0 Å². The molecule has 0 aromatic heterocycles. The lowest BCUT2D eigenvalue weighted by Gasteiger charge is -2.12. The molecule has 1 rings (SSSR count). The third kappa shape index (κ3) is 2.62. The van der Waals surface area contributed by atoms with Crippen LogP contribution in [0.1, 0.15) is 11.1 Å². The Balaban J connectivity index is 3.16. The van der Waals surface area contributed by atoms with Crippen molar-refractivity contribution in [3.8, 4) is 0 Å². The minimum atomic E-state index is -4.39. The van der Waals surface area contributed by atoms with Crippen LogP contribution in [0.2, 0.25) is 5.02 Å². The molecule has 1 aromatic rings. The monoisotopic (exact) mass is 224 g/mol. The van der Waals surface area contributed by atoms with Gasteiger partial charge >= 0.3 is 6.18 Å². The highest BCUT2D eigenvalue weighted by atomic mass is 35.5. The molecule has 0 heterocycles. The van der Waals surface area contributed by atoms with E-state index in [1.54, 1.807) is 0 Å². The second-order valence-corrected chi connectivity index (χ2v) is 3.17. The average molecular weight is 225 g/mol. The molecule has 0 aliphatic rings. The molecule has 5 heteroatoms. The Morgan fingerprint density at radius 3 is 2.50 bits per heavy atom. The molecule has 0 amide bonds. The van der Waals surface area contributed by atoms with Crippen LogP contribution in [0.25, 0.3) is 0 Å². The minimum Gasteiger partial charge on any atom is -0.380 e. The van der Waals surface area contributed by atoms with Crippen LogP contribution in [-0.2, 0) is 17.5 Å². The Bertz CT molecular complexity index is 322. The highest BCUT2D eigenvalue weighted by Gasteiger charge is 2.33. The van der Waals surface area contributed by atoms with Crippen LogP contribution in [-0.4, -0.2) is 7.11 Å². The van der Waals surface area contributed by atoms with Gasteiger partial charge in [0.25, 0.3) is 0 Å². The first kappa shape index (κ1) is 11.3. The standard InChI is InChI=1S/C9H8ClF3O/c1-14-5-6-2-3-7(10)4-8(6)9(11,12)13/h2-4H,5H2,1H3. The molecule has 0 saturated heterocycles. The number of ether oxygens (including phenoxy) is 1. The zero-order chi connectivity index (χ0) is 10.8. The lowest BCUT2D eigenvalue weighted by Crippen LogP contribution is -2.09. The van der Waals surface area contributed by atoms with Crippen LogP contribution in [0.4, 0.5) is 13.2 Å². The second-order valence-electron chi connectivity index (χ2n) is 2.73. The summed E-state index contributed by atoms with van der Waals surface area (Å²) < 4.78 is 42.0. The fourth-order valence-electron chi connectivity index (χ4n) is 1.09. The molecule has 0 unspecified atom stereocenters. The number of rotatable bonds is 2. The van der Waals surface area contributed by atoms with Gasteiger partial charge in [-0.3, -0.25) is 0 Å². The highest BCUT2D eigenvalue weighted by molar-refractivity contribution is 6.30. The Morgan fingerprint density at radius 1 is 1.36 bits per heavy atom. The zero-order valence-electron chi connectivity index (χ0n) is 7.36. The predicted molar refractivity (Wildman–Crippen MR) is 47.2 cm³/mol. The lowest BCUT2D eigenvalue weighted by atomic mass is 10.1. The molecular formula is C9H8ClF3O. The van der Waals surface area contributed by atoms with Gasteiger partial charge in [0.2, 0.25) is 0 Å². The molecule has 1 aromatic carbocycles. The minimum absolute atomic E-state index is 0.0668. The van der Waals surface area contributed by atoms with Gasteiger partial charge < -0.3 is 4.74 Å². The number of alkyl halides is 3. The van der Waals surface area contributed by atoms with Crippen LogP contribution < -0.4 is 0 Å². The van der Waals surface area contributed by atoms with Crippen molar-refractivity contribution >= 4 is 11.6 Å². The van der Waals surface area contributed by atoms with E-state index in [1.165, 1.54) is 19.2 Å². The summed E-state index contributed by atoms with van der Waals surface area (Å²) in [5.74, 6) is 0. The van der Waals surface area contributed by atoms with Crippen LogP contribution in [0.5, 0.6) is 0 Å². The van der Waals surface area contributed by atoms with E-state index in [-0.39, 0.29) is 17.2 Å². The molecule has 14 heavy (non-hydrogen) atoms. The zero-order valence-corrected chi connectivity index (χ0v) is 8.12. The topological polar surface area (TPSA) is 9.23 Å². The molecule has 0 bridgehead atoms. The number of methoxy groups -OCH3 is 1. The molecule has 78 valence electrons. The second kappa shape index (κ2) is 4.19. The first-order valence-corrected chi connectivity index (χ1v) is 4.17. The van der Waals surface area contributed by atoms with Gasteiger partial charge in [-0.1, -0.05) is 17.7 Å². The number of hydrogen-bond acceptors (Lipinski definition) is 1. The van der Waals surface area contributed by atoms with Crippen molar-refractivity contribution in [3.05, 3.63) is 34.3 Å². The van der Waals surface area contributed by atoms with Gasteiger partial charge in [-0.25, -0.2) is 0 Å². The van der Waals surface area contributed by atoms with E-state index in [0.717, 1.165) is 6.07 Å². The normalized spacial score (nSPS) is 11.8. The van der Waals surface area contributed by atoms with Gasteiger partial charge in [-0.2, -0.15) is 13.2 Å². The molecule has 0 radical (unpaired) electrons. The fraction of sp³-hybridized carbons (Fsp3) is 0.333. The molecule has 0 spiro atoms. The number of halogens is 4. The number of hydrogen-bond donors (Lipinski definition) is 0. The summed E-state index contributed by atoms with van der Waals surface area (Å²) in [5.41, 5.74) is -0.656. The van der Waals surface area contributed by atoms with Crippen molar-refractivity contribution in [1.82, 2.24) is 0 Å². The van der Waals surface area contributed by atoms with Crippen LogP contribution in [0.3, 0.4) is 0 Å². The maximum atomic E-state index is 12.4. The fourth-order valence-corrected chi connectivity index (χ4v) is 1.27. The SMILES string of the molecule is COCc1ccc(Cl)cc1C(F)(F)F. The van der Waals surface area contributed by atoms with E-state index in [2.05, 4.69) is 4.74 Å². The summed E-state index contributed by atoms with van der Waals surface area (Å²) in [6.45, 7) is -0.0774. The van der Waals surface area contributed by atoms with Gasteiger partial charge in [0.15, 0.2) is 0 Å². The van der Waals surface area contributed by atoms with Gasteiger partial charge in [0, 0.05) is 12.1 Å². The summed E-state index contributed by atoms with van der Waals surface area (Å²) in [4.78, 5) is 0. The van der Waals surface area contributed by atoms with Crippen LogP contribution in [0, 0.1) is 0 Å². The van der Waals surface area contributed by atoms with Crippen molar-refractivity contribution < 1.29 is 17.9 Å². The van der Waals surface area contributed by atoms with E-state index >= 15 is 0 Å². The molecule has 0 saturated carbocycles. The first-order chi connectivity index (χ1) is 6.45. The molecule has 0 aliphatic heterocycles. The summed E-state index contributed by atoms with van der Waals surface area (Å²) in [6, 6.07) is 3.62. The average Bonchev–Trinajstić information content (AvgIpc) is 2.07. The summed E-state index contributed by atoms with van der Waals surface area (Å²) in [5, 5.41) is 0.0668. The van der Waals surface area contributed by atoms with Gasteiger partial charge in [-0.15, -0.1) is 0 Å². The van der Waals surface area contributed by atoms with Crippen molar-refractivity contribution in [2.75, 3.05) is 7.11 Å². The molecule has 0 atom stereocenters. The van der Waals surface area contributed by atoms with Crippen molar-refractivity contribution in [3.63, 3.8) is 0 Å². The van der Waals surface area contributed by atoms with E-state index < -0.39 is 11.7 Å². The van der Waals surface area contributed by atoms with E-state index in [4.69, 9.17) is 11.6 Å². The largest absolute Gasteiger partial charge is 0.416 e. The first-order valence-electron chi connectivity index (χ1n) is 3.79. The third-order valence-corrected chi connectivity index (χ3v) is 1.91. The predicted octanol–water partition coefficient (Wildman–Crippen LogP) is 3.51. The van der Waals surface area contributed by atoms with E-state index in [1.807, 2.05) is 0 Å². The van der Waals surface area contributed by atoms with Crippen LogP contribution in [0.15, 0.2) is 18.2 Å². The molecular weight excluding hydrogens is 217 g/mol. The van der Waals surface area contributed by atoms with Gasteiger partial charge in [0.05, 0.1) is 12.2 Å². The smallest absolute Gasteiger partial charge is 0.380 e. The summed E-state index contributed by atoms with van der Waals surface area (Å²) in [6.07, 6.45) is -4.39. The Hall–Kier alpha value is -0.740. The Morgan fingerprint density at radius 2 is 2.00 bits per heavy atom. The number of benzene rings is 1. The quantitative estimate of drug-likeness (QED) is 0.747. The van der Waals surface area contributed by atoms with Crippen molar-refractivity contribution in [2.45, 2.75) is 12.8 Å². The Kier molecular flexibility index (Phi) is 3.39. The lowest BCUT2D eigenvalue weighted by molar-refractivity contribution is -0.138. The van der Waals surface area contributed by atoms with E-state index in [9.17, 15) is 13.2 Å². The Labute approximate surface area is 84.4 Å². The maximum absolute atomic E-state index is 12.4. The molecule has 0 aliphatic carbocycles. The molecule has 1 nitrogen and oxygen atoms in total. The summed E-state index contributed by atoms with van der Waals surface area (Å²) in [7, 11) is 1.34. The van der Waals surface area contributed by atoms with Gasteiger partial charge in [-0.05, 0) is 17.7 Å². The van der Waals surface area contributed by atoms with Crippen molar-refractivity contribution in [2.24, 2.45) is 0 Å². The molecule has 0 N–H and O–H groups in total. The van der Waals surface area contributed by atoms with E-state index in [0.29, 0.717) is 0 Å². The highest BCUT2D eigenvalue weighted by Crippen LogP contribution is 2.33. The van der Waals surface area contributed by atoms with Crippen LogP contribution >= 0.6 is 11.6 Å². The summed E-state index contributed by atoms with van der Waals surface area (Å²) >= 11 is 5.48. The molecule has 0 fully saturated rings. The maximum Gasteiger partial charge on any atom is 0.416 e. The third-order valence-electron chi connectivity index (χ3n) is 1.68.